The van der Waals surface area contributed by atoms with Gasteiger partial charge in [-0.1, -0.05) is 36.0 Å². The quantitative estimate of drug-likeness (QED) is 0.151. The third-order valence-electron chi connectivity index (χ3n) is 9.17. The fourth-order valence-electron chi connectivity index (χ4n) is 6.41. The number of hydrogen-bond acceptors (Lipinski definition) is 10. The van der Waals surface area contributed by atoms with E-state index in [2.05, 4.69) is 9.80 Å². The molecule has 7 rings (SSSR count). The van der Waals surface area contributed by atoms with Crippen molar-refractivity contribution in [3.05, 3.63) is 101 Å². The lowest BCUT2D eigenvalue weighted by molar-refractivity contribution is -0.137. The molecule has 1 fully saturated rings. The minimum Gasteiger partial charge on any atom is -0.504 e. The molecule has 2 N–H and O–H groups in total. The molecule has 1 aromatic heterocycles. The summed E-state index contributed by atoms with van der Waals surface area (Å²) < 4.78 is 55.6. The highest BCUT2D eigenvalue weighted by molar-refractivity contribution is 7.99. The number of phenols is 1. The lowest BCUT2D eigenvalue weighted by Crippen LogP contribution is -2.47. The molecule has 0 amide bonds. The SMILES string of the molecule is COc1ccc(-c2coc3c(OC)c(O)ccc3c2=O)cc1.Cl.Cl.OCCN1CCN(CCCN2c3ccccc3Sc3ccc(C(F)(F)F)cc32)CC1. The first kappa shape index (κ1) is 42.6. The van der Waals surface area contributed by atoms with Crippen LogP contribution in [-0.2, 0) is 6.18 Å². The first-order valence-corrected chi connectivity index (χ1v) is 17.7. The summed E-state index contributed by atoms with van der Waals surface area (Å²) in [7, 11) is 2.99. The molecule has 0 atom stereocenters. The third-order valence-corrected chi connectivity index (χ3v) is 10.3. The Hall–Kier alpha value is -4.11. The smallest absolute Gasteiger partial charge is 0.416 e. The second-order valence-corrected chi connectivity index (χ2v) is 13.4. The zero-order valence-electron chi connectivity index (χ0n) is 29.7. The maximum atomic E-state index is 13.3. The van der Waals surface area contributed by atoms with Crippen LogP contribution in [-0.4, -0.2) is 86.7 Å². The Morgan fingerprint density at radius 2 is 1.48 bits per heavy atom. The van der Waals surface area contributed by atoms with E-state index < -0.39 is 11.7 Å². The average molecular weight is 809 g/mol. The standard InChI is InChI=1S/C22H26F3N3OS.C17H14O5.2ClH/c23-22(24,25)17-6-7-21-19(16-17)28(18-4-1-2-5-20(18)30-21)9-3-8-26-10-12-27(13-11-26)14-15-29;1-20-11-5-3-10(4-6-11)13-9-22-16-12(15(13)19)7-8-14(18)17(16)21-2;;/h1-2,4-7,16,29H,3,8-15H2;3-9,18H,1-2H3;2*1H. The molecule has 0 radical (unpaired) electrons. The van der Waals surface area contributed by atoms with Crippen LogP contribution in [0.15, 0.2) is 104 Å². The van der Waals surface area contributed by atoms with Crippen LogP contribution in [0.4, 0.5) is 24.5 Å². The largest absolute Gasteiger partial charge is 0.504 e. The van der Waals surface area contributed by atoms with E-state index in [9.17, 15) is 23.1 Å². The van der Waals surface area contributed by atoms with E-state index in [1.807, 2.05) is 29.2 Å². The number of halogens is 5. The lowest BCUT2D eigenvalue weighted by Gasteiger charge is -2.36. The summed E-state index contributed by atoms with van der Waals surface area (Å²) in [5.41, 5.74) is 2.20. The van der Waals surface area contributed by atoms with E-state index in [0.717, 1.165) is 60.2 Å². The van der Waals surface area contributed by atoms with E-state index in [-0.39, 0.29) is 53.9 Å². The highest BCUT2D eigenvalue weighted by Crippen LogP contribution is 2.49. The Kier molecular flexibility index (Phi) is 15.0. The van der Waals surface area contributed by atoms with Gasteiger partial charge in [0.05, 0.1) is 48.7 Å². The molecule has 54 heavy (non-hydrogen) atoms. The Bertz CT molecular complexity index is 2060. The van der Waals surface area contributed by atoms with Crippen LogP contribution in [0.5, 0.6) is 17.2 Å². The van der Waals surface area contributed by atoms with Crippen LogP contribution in [0.25, 0.3) is 22.1 Å². The van der Waals surface area contributed by atoms with Gasteiger partial charge < -0.3 is 33.9 Å². The van der Waals surface area contributed by atoms with Crippen LogP contribution in [0.3, 0.4) is 0 Å². The molecule has 0 spiro atoms. The molecule has 4 aromatic carbocycles. The zero-order chi connectivity index (χ0) is 36.8. The van der Waals surface area contributed by atoms with Gasteiger partial charge in [0.15, 0.2) is 11.3 Å². The summed E-state index contributed by atoms with van der Waals surface area (Å²) in [6, 6.07) is 22.0. The topological polar surface area (TPSA) is 98.8 Å². The van der Waals surface area contributed by atoms with Gasteiger partial charge in [0.1, 0.15) is 12.0 Å². The maximum Gasteiger partial charge on any atom is 0.416 e. The van der Waals surface area contributed by atoms with Gasteiger partial charge >= 0.3 is 6.18 Å². The van der Waals surface area contributed by atoms with Crippen LogP contribution >= 0.6 is 36.6 Å². The van der Waals surface area contributed by atoms with E-state index in [0.29, 0.717) is 35.5 Å². The van der Waals surface area contributed by atoms with Crippen molar-refractivity contribution in [3.8, 4) is 28.4 Å². The normalized spacial score (nSPS) is 14.1. The molecule has 15 heteroatoms. The van der Waals surface area contributed by atoms with Crippen molar-refractivity contribution in [1.29, 1.82) is 0 Å². The average Bonchev–Trinajstić information content (AvgIpc) is 3.15. The second kappa shape index (κ2) is 19.0. The highest BCUT2D eigenvalue weighted by atomic mass is 35.5. The van der Waals surface area contributed by atoms with Gasteiger partial charge in [-0.2, -0.15) is 13.2 Å². The molecule has 290 valence electrons. The van der Waals surface area contributed by atoms with Crippen molar-refractivity contribution in [2.75, 3.05) is 71.5 Å². The number of alkyl halides is 3. The zero-order valence-corrected chi connectivity index (χ0v) is 32.1. The minimum atomic E-state index is -4.35. The van der Waals surface area contributed by atoms with Crippen molar-refractivity contribution in [3.63, 3.8) is 0 Å². The van der Waals surface area contributed by atoms with Gasteiger partial charge in [-0.15, -0.1) is 24.8 Å². The Balaban J connectivity index is 0.000000242. The van der Waals surface area contributed by atoms with Crippen LogP contribution in [0, 0.1) is 0 Å². The number of ether oxygens (including phenoxy) is 2. The number of para-hydroxylation sites is 1. The third kappa shape index (κ3) is 9.57. The molecule has 2 aliphatic heterocycles. The Morgan fingerprint density at radius 1 is 0.815 bits per heavy atom. The van der Waals surface area contributed by atoms with Gasteiger partial charge in [-0.3, -0.25) is 9.69 Å². The molecule has 0 saturated carbocycles. The number of aliphatic hydroxyl groups excluding tert-OH is 1. The van der Waals surface area contributed by atoms with Crippen LogP contribution in [0.1, 0.15) is 12.0 Å². The maximum absolute atomic E-state index is 13.3. The molecule has 2 aliphatic rings. The van der Waals surface area contributed by atoms with Gasteiger partial charge in [0, 0.05) is 49.1 Å². The summed E-state index contributed by atoms with van der Waals surface area (Å²) in [5.74, 6) is 0.784. The number of piperazine rings is 1. The fraction of sp³-hybridized carbons (Fsp3) is 0.308. The first-order valence-electron chi connectivity index (χ1n) is 16.9. The van der Waals surface area contributed by atoms with Crippen molar-refractivity contribution in [2.24, 2.45) is 0 Å². The number of aromatic hydroxyl groups is 1. The number of phenolic OH excluding ortho intramolecular Hbond substituents is 1. The van der Waals surface area contributed by atoms with E-state index in [1.165, 1.54) is 49.4 Å². The van der Waals surface area contributed by atoms with E-state index in [4.69, 9.17) is 19.0 Å². The number of rotatable bonds is 9. The van der Waals surface area contributed by atoms with Gasteiger partial charge in [0.2, 0.25) is 11.2 Å². The summed E-state index contributed by atoms with van der Waals surface area (Å²) in [4.78, 5) is 21.3. The number of hydrogen-bond donors (Lipinski definition) is 2. The molecule has 0 aliphatic carbocycles. The summed E-state index contributed by atoms with van der Waals surface area (Å²) in [5, 5.41) is 19.2. The highest BCUT2D eigenvalue weighted by Gasteiger charge is 2.33. The van der Waals surface area contributed by atoms with Crippen molar-refractivity contribution < 1.29 is 37.3 Å². The van der Waals surface area contributed by atoms with Gasteiger partial charge in [-0.25, -0.2) is 0 Å². The summed E-state index contributed by atoms with van der Waals surface area (Å²) in [6.45, 7) is 6.29. The molecule has 5 aromatic rings. The van der Waals surface area contributed by atoms with E-state index >= 15 is 0 Å². The number of nitrogens with zero attached hydrogens (tertiary/aromatic N) is 3. The summed E-state index contributed by atoms with van der Waals surface area (Å²) >= 11 is 1.53. The predicted molar refractivity (Wildman–Crippen MR) is 211 cm³/mol. The monoisotopic (exact) mass is 807 g/mol. The van der Waals surface area contributed by atoms with Crippen molar-refractivity contribution >= 4 is 58.9 Å². The molecular weight excluding hydrogens is 766 g/mol. The number of methoxy groups -OCH3 is 2. The first-order chi connectivity index (χ1) is 25.1. The van der Waals surface area contributed by atoms with Crippen LogP contribution < -0.4 is 19.8 Å². The van der Waals surface area contributed by atoms with E-state index in [1.54, 1.807) is 37.4 Å². The number of fused-ring (bicyclic) bond motifs is 3. The molecule has 3 heterocycles. The Morgan fingerprint density at radius 3 is 2.13 bits per heavy atom. The molecule has 0 bridgehead atoms. The summed E-state index contributed by atoms with van der Waals surface area (Å²) in [6.07, 6.45) is -2.11. The molecule has 1 saturated heterocycles. The fourth-order valence-corrected chi connectivity index (χ4v) is 7.48. The van der Waals surface area contributed by atoms with Crippen LogP contribution in [0.2, 0.25) is 0 Å². The van der Waals surface area contributed by atoms with Gasteiger partial charge in [-0.05, 0) is 73.1 Å². The minimum absolute atomic E-state index is 0. The number of aliphatic hydroxyl groups is 1. The molecule has 9 nitrogen and oxygen atoms in total. The van der Waals surface area contributed by atoms with Crippen molar-refractivity contribution in [2.45, 2.75) is 22.4 Å². The lowest BCUT2D eigenvalue weighted by atomic mass is 10.1. The number of anilines is 2. The van der Waals surface area contributed by atoms with Gasteiger partial charge in [0.25, 0.3) is 0 Å². The molecule has 0 unspecified atom stereocenters. The van der Waals surface area contributed by atoms with Crippen molar-refractivity contribution in [1.82, 2.24) is 9.80 Å². The number of β-amino-alcohol motifs (C(OH)–C–C–N with tert-alkyl or cyclic N) is 1. The number of benzene rings is 4. The molecular formula is C39H42Cl2F3N3O6S. The Labute approximate surface area is 328 Å². The predicted octanol–water partition coefficient (Wildman–Crippen LogP) is 8.33. The second-order valence-electron chi connectivity index (χ2n) is 12.4.